The lowest BCUT2D eigenvalue weighted by Crippen LogP contribution is -2.43. The molecular formula is C46H53N9O4. The summed E-state index contributed by atoms with van der Waals surface area (Å²) in [4.78, 5) is 56.8. The minimum Gasteiger partial charge on any atom is -0.490 e. The second-order valence-corrected chi connectivity index (χ2v) is 16.6. The molecule has 3 aromatic heterocycles. The molecule has 2 atom stereocenters. The lowest BCUT2D eigenvalue weighted by molar-refractivity contribution is -0.134. The summed E-state index contributed by atoms with van der Waals surface area (Å²) in [7, 11) is 0. The zero-order valence-electron chi connectivity index (χ0n) is 33.8. The number of carbonyl (C=O) groups is 2. The monoisotopic (exact) mass is 795 g/mol. The van der Waals surface area contributed by atoms with Crippen LogP contribution in [0.2, 0.25) is 0 Å². The second-order valence-electron chi connectivity index (χ2n) is 16.6. The van der Waals surface area contributed by atoms with Crippen molar-refractivity contribution in [3.63, 3.8) is 0 Å². The number of nitrogens with zero attached hydrogens (tertiary/aromatic N) is 7. The standard InChI is InChI=1S/C46H53N9O4/c1-3-23-54-45(58)39-28-47-46(51-43(39)55(54)40-17-9-33-6-5-31(4-2)42(33)49-40)48-34-10-12-35(13-11-34)53-26-19-30(20-27-53)29-52-24-21-37(22-25-52)59-36-14-7-32(8-15-36)38-16-18-41(56)50-44(38)57/h3,7-15,17,28,30-31,37-38H,1,4-6,16,18-27,29H2,2H3,(H,47,48,51)(H,50,56,57). The van der Waals surface area contributed by atoms with Crippen molar-refractivity contribution in [2.24, 2.45) is 5.92 Å². The van der Waals surface area contributed by atoms with E-state index in [1.165, 1.54) is 11.3 Å². The van der Waals surface area contributed by atoms with Crippen LogP contribution >= 0.6 is 0 Å². The molecule has 3 aliphatic heterocycles. The quantitative estimate of drug-likeness (QED) is 0.105. The summed E-state index contributed by atoms with van der Waals surface area (Å²) >= 11 is 0. The topological polar surface area (TPSA) is 140 Å². The summed E-state index contributed by atoms with van der Waals surface area (Å²) in [5, 5.41) is 6.25. The largest absolute Gasteiger partial charge is 0.490 e. The molecule has 13 nitrogen and oxygen atoms in total. The lowest BCUT2D eigenvalue weighted by Gasteiger charge is -2.38. The average Bonchev–Trinajstić information content (AvgIpc) is 3.79. The molecule has 0 radical (unpaired) electrons. The van der Waals surface area contributed by atoms with Crippen molar-refractivity contribution in [3.8, 4) is 11.6 Å². The first-order chi connectivity index (χ1) is 28.8. The van der Waals surface area contributed by atoms with Crippen LogP contribution in [-0.4, -0.2) is 79.9 Å². The van der Waals surface area contributed by atoms with E-state index in [2.05, 4.69) is 69.3 Å². The van der Waals surface area contributed by atoms with E-state index < -0.39 is 0 Å². The highest BCUT2D eigenvalue weighted by Crippen LogP contribution is 2.35. The average molecular weight is 796 g/mol. The molecule has 4 aliphatic rings. The van der Waals surface area contributed by atoms with Crippen LogP contribution in [0.3, 0.4) is 0 Å². The van der Waals surface area contributed by atoms with Crippen molar-refractivity contribution in [1.82, 2.24) is 34.5 Å². The Morgan fingerprint density at radius 3 is 2.39 bits per heavy atom. The Morgan fingerprint density at radius 2 is 1.66 bits per heavy atom. The first kappa shape index (κ1) is 38.7. The number of benzene rings is 2. The Morgan fingerprint density at radius 1 is 0.881 bits per heavy atom. The normalized spacial score (nSPS) is 20.5. The number of hydrogen-bond donors (Lipinski definition) is 2. The fourth-order valence-electron chi connectivity index (χ4n) is 9.46. The number of piperidine rings is 3. The number of hydrogen-bond acceptors (Lipinski definition) is 10. The van der Waals surface area contributed by atoms with Crippen molar-refractivity contribution in [2.45, 2.75) is 89.2 Å². The SMILES string of the molecule is C=CCn1c(=O)c2cnc(Nc3ccc(N4CCC(CN5CCC(Oc6ccc(C7CCC(=O)NC7=O)cc6)CC5)CC4)cc3)nc2n1-c1ccc2c(n1)C(CC)CC2. The van der Waals surface area contributed by atoms with Crippen molar-refractivity contribution < 1.29 is 14.3 Å². The van der Waals surface area contributed by atoms with Crippen molar-refractivity contribution >= 4 is 40.2 Å². The van der Waals surface area contributed by atoms with Gasteiger partial charge < -0.3 is 19.9 Å². The molecule has 9 rings (SSSR count). The first-order valence-corrected chi connectivity index (χ1v) is 21.4. The van der Waals surface area contributed by atoms with Gasteiger partial charge in [0.25, 0.3) is 5.56 Å². The van der Waals surface area contributed by atoms with Gasteiger partial charge in [0, 0.05) is 68.3 Å². The van der Waals surface area contributed by atoms with Crippen LogP contribution in [0.1, 0.15) is 86.9 Å². The molecule has 0 bridgehead atoms. The third-order valence-corrected chi connectivity index (χ3v) is 12.8. The molecule has 0 spiro atoms. The van der Waals surface area contributed by atoms with E-state index >= 15 is 0 Å². The number of ether oxygens (including phenoxy) is 1. The van der Waals surface area contributed by atoms with Crippen molar-refractivity contribution in [1.29, 1.82) is 0 Å². The van der Waals surface area contributed by atoms with E-state index in [4.69, 9.17) is 14.7 Å². The summed E-state index contributed by atoms with van der Waals surface area (Å²) in [6, 6.07) is 20.4. The summed E-state index contributed by atoms with van der Waals surface area (Å²) < 4.78 is 9.78. The molecule has 1 aliphatic carbocycles. The number of pyridine rings is 1. The highest BCUT2D eigenvalue weighted by molar-refractivity contribution is 6.00. The number of amides is 2. The maximum absolute atomic E-state index is 13.5. The minimum atomic E-state index is -0.275. The van der Waals surface area contributed by atoms with Crippen LogP contribution in [0.5, 0.6) is 5.75 Å². The molecule has 5 aromatic rings. The number of allylic oxidation sites excluding steroid dienone is 1. The Bertz CT molecular complexity index is 2390. The Labute approximate surface area is 344 Å². The van der Waals surface area contributed by atoms with Gasteiger partial charge in [-0.3, -0.25) is 19.7 Å². The van der Waals surface area contributed by atoms with Crippen LogP contribution < -0.4 is 25.8 Å². The van der Waals surface area contributed by atoms with E-state index in [0.717, 1.165) is 100 Å². The van der Waals surface area contributed by atoms with Gasteiger partial charge >= 0.3 is 0 Å². The number of likely N-dealkylation sites (tertiary alicyclic amines) is 1. The number of anilines is 3. The van der Waals surface area contributed by atoms with Gasteiger partial charge in [-0.05, 0) is 111 Å². The number of rotatable bonds is 12. The maximum Gasteiger partial charge on any atom is 0.278 e. The molecule has 0 saturated carbocycles. The van der Waals surface area contributed by atoms with Gasteiger partial charge in [0.1, 0.15) is 17.2 Å². The van der Waals surface area contributed by atoms with Crippen LogP contribution in [0.4, 0.5) is 17.3 Å². The molecule has 306 valence electrons. The fourth-order valence-corrected chi connectivity index (χ4v) is 9.46. The Kier molecular flexibility index (Phi) is 11.0. The van der Waals surface area contributed by atoms with Crippen molar-refractivity contribution in [2.75, 3.05) is 42.9 Å². The number of carbonyl (C=O) groups excluding carboxylic acids is 2. The smallest absolute Gasteiger partial charge is 0.278 e. The number of nitrogens with one attached hydrogen (secondary N) is 2. The molecule has 3 fully saturated rings. The number of aryl methyl sites for hydroxylation is 1. The lowest BCUT2D eigenvalue weighted by atomic mass is 9.90. The number of imide groups is 1. The van der Waals surface area contributed by atoms with Crippen LogP contribution in [0.25, 0.3) is 16.9 Å². The number of fused-ring (bicyclic) bond motifs is 2. The molecule has 2 unspecified atom stereocenters. The highest BCUT2D eigenvalue weighted by Gasteiger charge is 2.29. The predicted molar refractivity (Wildman–Crippen MR) is 229 cm³/mol. The van der Waals surface area contributed by atoms with E-state index in [1.807, 2.05) is 35.0 Å². The van der Waals surface area contributed by atoms with Gasteiger partial charge in [0.2, 0.25) is 17.8 Å². The summed E-state index contributed by atoms with van der Waals surface area (Å²) in [6.45, 7) is 11.7. The van der Waals surface area contributed by atoms with Crippen LogP contribution in [-0.2, 0) is 22.6 Å². The summed E-state index contributed by atoms with van der Waals surface area (Å²) in [5.41, 5.74) is 5.76. The van der Waals surface area contributed by atoms with Gasteiger partial charge in [-0.1, -0.05) is 31.2 Å². The fraction of sp³-hybridized carbons (Fsp3) is 0.435. The molecule has 6 heterocycles. The molecule has 3 saturated heterocycles. The third-order valence-electron chi connectivity index (χ3n) is 12.8. The highest BCUT2D eigenvalue weighted by atomic mass is 16.5. The van der Waals surface area contributed by atoms with Gasteiger partial charge in [-0.25, -0.2) is 19.3 Å². The molecule has 59 heavy (non-hydrogen) atoms. The molecule has 2 N–H and O–H groups in total. The van der Waals surface area contributed by atoms with E-state index in [9.17, 15) is 14.4 Å². The van der Waals surface area contributed by atoms with Crippen LogP contribution in [0.15, 0.2) is 84.3 Å². The second kappa shape index (κ2) is 16.8. The molecular weight excluding hydrogens is 743 g/mol. The minimum absolute atomic E-state index is 0.169. The van der Waals surface area contributed by atoms with Gasteiger partial charge in [-0.2, -0.15) is 4.98 Å². The predicted octanol–water partition coefficient (Wildman–Crippen LogP) is 6.63. The van der Waals surface area contributed by atoms with E-state index in [1.54, 1.807) is 17.0 Å². The van der Waals surface area contributed by atoms with E-state index in [-0.39, 0.29) is 29.4 Å². The molecule has 2 aromatic carbocycles. The Balaban J connectivity index is 0.768. The van der Waals surface area contributed by atoms with Crippen molar-refractivity contribution in [3.05, 3.63) is 107 Å². The van der Waals surface area contributed by atoms with Gasteiger partial charge in [0.15, 0.2) is 11.5 Å². The Hall–Kier alpha value is -5.82. The van der Waals surface area contributed by atoms with Crippen LogP contribution in [0, 0.1) is 5.92 Å². The third kappa shape index (κ3) is 8.12. The first-order valence-electron chi connectivity index (χ1n) is 21.4. The molecule has 13 heteroatoms. The summed E-state index contributed by atoms with van der Waals surface area (Å²) in [6.07, 6.45) is 11.9. The van der Waals surface area contributed by atoms with Gasteiger partial charge in [-0.15, -0.1) is 6.58 Å². The van der Waals surface area contributed by atoms with E-state index in [0.29, 0.717) is 54.0 Å². The number of aromatic nitrogens is 5. The maximum atomic E-state index is 13.5. The molecule has 2 amide bonds. The zero-order valence-corrected chi connectivity index (χ0v) is 33.8. The summed E-state index contributed by atoms with van der Waals surface area (Å²) in [5.74, 6) is 2.36. The van der Waals surface area contributed by atoms with Gasteiger partial charge in [0.05, 0.1) is 12.5 Å². The zero-order chi connectivity index (χ0) is 40.5.